The molecule has 16 heavy (non-hydrogen) atoms. The summed E-state index contributed by atoms with van der Waals surface area (Å²) in [5.41, 5.74) is 0.925. The van der Waals surface area contributed by atoms with Gasteiger partial charge < -0.3 is 10.6 Å². The van der Waals surface area contributed by atoms with E-state index in [0.29, 0.717) is 10.8 Å². The maximum absolute atomic E-state index is 3.70. The van der Waals surface area contributed by atoms with Gasteiger partial charge in [-0.05, 0) is 36.1 Å². The first-order chi connectivity index (χ1) is 7.42. The van der Waals surface area contributed by atoms with E-state index in [1.807, 2.05) is 0 Å². The first-order valence-electron chi connectivity index (χ1n) is 6.83. The van der Waals surface area contributed by atoms with Crippen molar-refractivity contribution in [2.45, 2.75) is 47.5 Å². The van der Waals surface area contributed by atoms with Crippen LogP contribution in [0.25, 0.3) is 0 Å². The largest absolute Gasteiger partial charge is 0.316 e. The van der Waals surface area contributed by atoms with Crippen molar-refractivity contribution in [3.63, 3.8) is 0 Å². The molecule has 0 bridgehead atoms. The summed E-state index contributed by atoms with van der Waals surface area (Å²) in [7, 11) is 0. The molecule has 0 aromatic carbocycles. The molecule has 96 valence electrons. The maximum atomic E-state index is 3.70. The molecule has 0 radical (unpaired) electrons. The van der Waals surface area contributed by atoms with Gasteiger partial charge in [-0.25, -0.2) is 0 Å². The molecule has 1 aliphatic heterocycles. The van der Waals surface area contributed by atoms with Gasteiger partial charge in [0.15, 0.2) is 0 Å². The van der Waals surface area contributed by atoms with Crippen molar-refractivity contribution in [1.29, 1.82) is 0 Å². The van der Waals surface area contributed by atoms with E-state index in [4.69, 9.17) is 0 Å². The summed E-state index contributed by atoms with van der Waals surface area (Å²) < 4.78 is 0. The van der Waals surface area contributed by atoms with Crippen LogP contribution in [0.15, 0.2) is 0 Å². The average molecular weight is 226 g/mol. The minimum atomic E-state index is 0.404. The minimum Gasteiger partial charge on any atom is -0.316 e. The van der Waals surface area contributed by atoms with E-state index in [2.05, 4.69) is 45.3 Å². The fourth-order valence-corrected chi connectivity index (χ4v) is 2.23. The lowest BCUT2D eigenvalue weighted by atomic mass is 9.80. The molecule has 1 heterocycles. The molecule has 0 aromatic rings. The topological polar surface area (TPSA) is 24.1 Å². The standard InChI is InChI=1S/C14H30N2/c1-6-14(7-8-15-10-14)11-16-9-13(4,5)12(2)3/h12,15-16H,6-11H2,1-5H3. The lowest BCUT2D eigenvalue weighted by Gasteiger charge is -2.33. The highest BCUT2D eigenvalue weighted by Crippen LogP contribution is 2.29. The third kappa shape index (κ3) is 3.46. The molecule has 2 heteroatoms. The number of hydrogen-bond acceptors (Lipinski definition) is 2. The lowest BCUT2D eigenvalue weighted by Crippen LogP contribution is -2.41. The van der Waals surface area contributed by atoms with Crippen LogP contribution >= 0.6 is 0 Å². The zero-order valence-corrected chi connectivity index (χ0v) is 11.8. The van der Waals surface area contributed by atoms with E-state index in [1.165, 1.54) is 32.5 Å². The van der Waals surface area contributed by atoms with Gasteiger partial charge in [-0.2, -0.15) is 0 Å². The molecule has 1 aliphatic rings. The predicted octanol–water partition coefficient (Wildman–Crippen LogP) is 2.65. The second-order valence-electron chi connectivity index (χ2n) is 6.53. The van der Waals surface area contributed by atoms with Crippen LogP contribution in [0.1, 0.15) is 47.5 Å². The molecule has 1 saturated heterocycles. The van der Waals surface area contributed by atoms with Gasteiger partial charge in [0.1, 0.15) is 0 Å². The fraction of sp³-hybridized carbons (Fsp3) is 1.00. The van der Waals surface area contributed by atoms with Crippen molar-refractivity contribution in [3.05, 3.63) is 0 Å². The summed E-state index contributed by atoms with van der Waals surface area (Å²) >= 11 is 0. The van der Waals surface area contributed by atoms with Crippen LogP contribution in [-0.2, 0) is 0 Å². The molecule has 2 N–H and O–H groups in total. The Morgan fingerprint density at radius 1 is 1.38 bits per heavy atom. The summed E-state index contributed by atoms with van der Waals surface area (Å²) in [5.74, 6) is 0.735. The van der Waals surface area contributed by atoms with Gasteiger partial charge in [0.25, 0.3) is 0 Å². The van der Waals surface area contributed by atoms with E-state index in [9.17, 15) is 0 Å². The molecule has 2 nitrogen and oxygen atoms in total. The summed E-state index contributed by atoms with van der Waals surface area (Å²) in [6.07, 6.45) is 2.62. The molecule has 1 atom stereocenters. The Balaban J connectivity index is 2.34. The van der Waals surface area contributed by atoms with Crippen molar-refractivity contribution in [3.8, 4) is 0 Å². The van der Waals surface area contributed by atoms with E-state index in [0.717, 1.165) is 12.5 Å². The second-order valence-corrected chi connectivity index (χ2v) is 6.53. The molecular weight excluding hydrogens is 196 g/mol. The number of rotatable bonds is 6. The molecule has 0 saturated carbocycles. The van der Waals surface area contributed by atoms with E-state index < -0.39 is 0 Å². The Morgan fingerprint density at radius 3 is 2.50 bits per heavy atom. The first-order valence-corrected chi connectivity index (χ1v) is 6.83. The molecule has 1 rings (SSSR count). The third-order valence-corrected chi connectivity index (χ3v) is 4.73. The summed E-state index contributed by atoms with van der Waals surface area (Å²) in [5, 5.41) is 7.20. The van der Waals surface area contributed by atoms with Crippen LogP contribution in [-0.4, -0.2) is 26.2 Å². The summed E-state index contributed by atoms with van der Waals surface area (Å²) in [4.78, 5) is 0. The van der Waals surface area contributed by atoms with Crippen molar-refractivity contribution in [2.75, 3.05) is 26.2 Å². The van der Waals surface area contributed by atoms with Crippen LogP contribution < -0.4 is 10.6 Å². The van der Waals surface area contributed by atoms with Crippen LogP contribution in [0.3, 0.4) is 0 Å². The molecule has 0 spiro atoms. The fourth-order valence-electron chi connectivity index (χ4n) is 2.23. The average Bonchev–Trinajstić information content (AvgIpc) is 2.67. The minimum absolute atomic E-state index is 0.404. The Labute approximate surface area is 102 Å². The van der Waals surface area contributed by atoms with Crippen LogP contribution in [0.4, 0.5) is 0 Å². The highest BCUT2D eigenvalue weighted by molar-refractivity contribution is 4.89. The Kier molecular flexibility index (Phi) is 4.81. The highest BCUT2D eigenvalue weighted by Gasteiger charge is 2.32. The quantitative estimate of drug-likeness (QED) is 0.727. The number of hydrogen-bond donors (Lipinski definition) is 2. The predicted molar refractivity (Wildman–Crippen MR) is 71.7 cm³/mol. The molecule has 0 amide bonds. The van der Waals surface area contributed by atoms with Gasteiger partial charge in [-0.15, -0.1) is 0 Å². The first kappa shape index (κ1) is 14.0. The Morgan fingerprint density at radius 2 is 2.06 bits per heavy atom. The van der Waals surface area contributed by atoms with Crippen molar-refractivity contribution in [1.82, 2.24) is 10.6 Å². The molecule has 1 unspecified atom stereocenters. The zero-order chi connectivity index (χ0) is 12.2. The van der Waals surface area contributed by atoms with Gasteiger partial charge >= 0.3 is 0 Å². The van der Waals surface area contributed by atoms with E-state index >= 15 is 0 Å². The molecule has 0 aromatic heterocycles. The second kappa shape index (κ2) is 5.50. The number of nitrogens with one attached hydrogen (secondary N) is 2. The highest BCUT2D eigenvalue weighted by atomic mass is 15.0. The zero-order valence-electron chi connectivity index (χ0n) is 11.8. The molecule has 0 aliphatic carbocycles. The van der Waals surface area contributed by atoms with Gasteiger partial charge in [0.05, 0.1) is 0 Å². The molecule has 1 fully saturated rings. The van der Waals surface area contributed by atoms with Gasteiger partial charge in [0, 0.05) is 19.6 Å². The SMILES string of the molecule is CCC1(CNCC(C)(C)C(C)C)CCNC1. The summed E-state index contributed by atoms with van der Waals surface area (Å²) in [6, 6.07) is 0. The van der Waals surface area contributed by atoms with Gasteiger partial charge in [0.2, 0.25) is 0 Å². The third-order valence-electron chi connectivity index (χ3n) is 4.73. The van der Waals surface area contributed by atoms with Crippen molar-refractivity contribution >= 4 is 0 Å². The lowest BCUT2D eigenvalue weighted by molar-refractivity contribution is 0.212. The van der Waals surface area contributed by atoms with Crippen LogP contribution in [0.2, 0.25) is 0 Å². The van der Waals surface area contributed by atoms with Gasteiger partial charge in [-0.3, -0.25) is 0 Å². The smallest absolute Gasteiger partial charge is 0.00206 e. The van der Waals surface area contributed by atoms with Crippen molar-refractivity contribution in [2.24, 2.45) is 16.7 Å². The van der Waals surface area contributed by atoms with Crippen LogP contribution in [0, 0.1) is 16.7 Å². The van der Waals surface area contributed by atoms with E-state index in [1.54, 1.807) is 0 Å². The van der Waals surface area contributed by atoms with Gasteiger partial charge in [-0.1, -0.05) is 34.6 Å². The Hall–Kier alpha value is -0.0800. The normalized spacial score (nSPS) is 26.6. The van der Waals surface area contributed by atoms with Crippen LogP contribution in [0.5, 0.6) is 0 Å². The van der Waals surface area contributed by atoms with Crippen molar-refractivity contribution < 1.29 is 0 Å². The Bertz CT molecular complexity index is 203. The monoisotopic (exact) mass is 226 g/mol. The maximum Gasteiger partial charge on any atom is 0.00206 e. The van der Waals surface area contributed by atoms with E-state index in [-0.39, 0.29) is 0 Å². The summed E-state index contributed by atoms with van der Waals surface area (Å²) in [6.45, 7) is 16.4. The molecular formula is C14H30N2.